The van der Waals surface area contributed by atoms with Crippen molar-refractivity contribution in [2.24, 2.45) is 0 Å². The molecule has 34 heavy (non-hydrogen) atoms. The molecule has 3 aromatic rings. The number of amides is 1. The van der Waals surface area contributed by atoms with Gasteiger partial charge < -0.3 is 24.6 Å². The predicted octanol–water partition coefficient (Wildman–Crippen LogP) is 3.84. The van der Waals surface area contributed by atoms with Crippen molar-refractivity contribution in [2.45, 2.75) is 13.8 Å². The van der Waals surface area contributed by atoms with Gasteiger partial charge in [0.1, 0.15) is 5.75 Å². The summed E-state index contributed by atoms with van der Waals surface area (Å²) in [6.07, 6.45) is 0. The van der Waals surface area contributed by atoms with E-state index in [0.717, 1.165) is 48.9 Å². The molecule has 1 amide bonds. The number of carbonyl (C=O) groups is 1. The summed E-state index contributed by atoms with van der Waals surface area (Å²) in [4.78, 5) is 16.8. The van der Waals surface area contributed by atoms with Gasteiger partial charge in [-0.05, 0) is 50.2 Å². The number of anilines is 3. The van der Waals surface area contributed by atoms with E-state index in [-0.39, 0.29) is 12.5 Å². The Morgan fingerprint density at radius 2 is 1.79 bits per heavy atom. The zero-order valence-corrected chi connectivity index (χ0v) is 19.7. The van der Waals surface area contributed by atoms with Crippen molar-refractivity contribution in [3.63, 3.8) is 0 Å². The molecule has 8 nitrogen and oxygen atoms in total. The van der Waals surface area contributed by atoms with Crippen LogP contribution in [0.15, 0.2) is 60.7 Å². The number of nitrogens with one attached hydrogen (secondary N) is 1. The molecular weight excluding hydrogens is 430 g/mol. The molecule has 2 aromatic carbocycles. The van der Waals surface area contributed by atoms with E-state index in [1.807, 2.05) is 60.7 Å². The highest BCUT2D eigenvalue weighted by Gasteiger charge is 2.13. The molecule has 0 atom stereocenters. The van der Waals surface area contributed by atoms with Crippen LogP contribution in [0, 0.1) is 0 Å². The number of hydrogen-bond acceptors (Lipinski definition) is 7. The smallest absolute Gasteiger partial charge is 0.262 e. The molecule has 8 heteroatoms. The number of ether oxygens (including phenoxy) is 2. The average molecular weight is 462 g/mol. The minimum atomic E-state index is -0.212. The lowest BCUT2D eigenvalue weighted by atomic mass is 10.1. The van der Waals surface area contributed by atoms with Crippen LogP contribution in [-0.4, -0.2) is 62.1 Å². The van der Waals surface area contributed by atoms with Gasteiger partial charge in [0.2, 0.25) is 0 Å². The second-order valence-corrected chi connectivity index (χ2v) is 7.96. The Morgan fingerprint density at radius 1 is 1.03 bits per heavy atom. The predicted molar refractivity (Wildman–Crippen MR) is 135 cm³/mol. The van der Waals surface area contributed by atoms with Gasteiger partial charge in [0.05, 0.1) is 18.9 Å². The lowest BCUT2D eigenvalue weighted by Crippen LogP contribution is -2.36. The maximum atomic E-state index is 12.4. The summed E-state index contributed by atoms with van der Waals surface area (Å²) in [5, 5.41) is 11.6. The second-order valence-electron chi connectivity index (χ2n) is 7.96. The monoisotopic (exact) mass is 461 g/mol. The lowest BCUT2D eigenvalue weighted by Gasteiger charge is -2.27. The SMILES string of the molecule is CCN(CC)c1cccc(OCC(=O)Nc2ccc(-c3ccc(N4CCOCC4)nn3)cc2)c1. The second kappa shape index (κ2) is 11.5. The minimum absolute atomic E-state index is 0.0576. The third kappa shape index (κ3) is 6.02. The minimum Gasteiger partial charge on any atom is -0.484 e. The number of carbonyl (C=O) groups excluding carboxylic acids is 1. The molecule has 178 valence electrons. The van der Waals surface area contributed by atoms with Crippen molar-refractivity contribution in [3.8, 4) is 17.0 Å². The number of aromatic nitrogens is 2. The summed E-state index contributed by atoms with van der Waals surface area (Å²) >= 11 is 0. The Labute approximate surface area is 200 Å². The van der Waals surface area contributed by atoms with Crippen molar-refractivity contribution in [1.29, 1.82) is 0 Å². The first kappa shape index (κ1) is 23.5. The number of benzene rings is 2. The molecule has 1 aliphatic rings. The largest absolute Gasteiger partial charge is 0.484 e. The highest BCUT2D eigenvalue weighted by atomic mass is 16.5. The van der Waals surface area contributed by atoms with Gasteiger partial charge in [-0.1, -0.05) is 18.2 Å². The molecule has 0 aliphatic carbocycles. The molecule has 1 saturated heterocycles. The quantitative estimate of drug-likeness (QED) is 0.519. The van der Waals surface area contributed by atoms with Crippen molar-refractivity contribution in [2.75, 3.05) is 61.1 Å². The molecule has 1 fully saturated rings. The maximum absolute atomic E-state index is 12.4. The molecule has 0 saturated carbocycles. The Hall–Kier alpha value is -3.65. The van der Waals surface area contributed by atoms with Gasteiger partial charge in [-0.2, -0.15) is 0 Å². The fourth-order valence-electron chi connectivity index (χ4n) is 3.87. The van der Waals surface area contributed by atoms with E-state index in [0.29, 0.717) is 24.7 Å². The Balaban J connectivity index is 1.30. The van der Waals surface area contributed by atoms with Crippen LogP contribution in [0.1, 0.15) is 13.8 Å². The van der Waals surface area contributed by atoms with Crippen molar-refractivity contribution < 1.29 is 14.3 Å². The summed E-state index contributed by atoms with van der Waals surface area (Å²) in [5.74, 6) is 1.32. The first-order chi connectivity index (χ1) is 16.7. The zero-order chi connectivity index (χ0) is 23.8. The third-order valence-electron chi connectivity index (χ3n) is 5.77. The third-order valence-corrected chi connectivity index (χ3v) is 5.77. The van der Waals surface area contributed by atoms with Crippen molar-refractivity contribution in [1.82, 2.24) is 10.2 Å². The van der Waals surface area contributed by atoms with Gasteiger partial charge in [-0.3, -0.25) is 4.79 Å². The van der Waals surface area contributed by atoms with Crippen LogP contribution in [-0.2, 0) is 9.53 Å². The Kier molecular flexibility index (Phi) is 7.93. The molecule has 1 aliphatic heterocycles. The summed E-state index contributed by atoms with van der Waals surface area (Å²) in [6.45, 7) is 9.08. The fraction of sp³-hybridized carbons (Fsp3) is 0.346. The molecular formula is C26H31N5O3. The van der Waals surface area contributed by atoms with E-state index in [2.05, 4.69) is 39.2 Å². The average Bonchev–Trinajstić information content (AvgIpc) is 2.90. The number of hydrogen-bond donors (Lipinski definition) is 1. The van der Waals surface area contributed by atoms with E-state index in [9.17, 15) is 4.79 Å². The van der Waals surface area contributed by atoms with Crippen molar-refractivity contribution >= 4 is 23.1 Å². The molecule has 0 spiro atoms. The number of rotatable bonds is 9. The van der Waals surface area contributed by atoms with Crippen LogP contribution in [0.2, 0.25) is 0 Å². The van der Waals surface area contributed by atoms with Gasteiger partial charge in [0, 0.05) is 49.2 Å². The van der Waals surface area contributed by atoms with E-state index in [1.165, 1.54) is 0 Å². The molecule has 1 N–H and O–H groups in total. The molecule has 0 bridgehead atoms. The normalized spacial score (nSPS) is 13.4. The molecule has 2 heterocycles. The fourth-order valence-corrected chi connectivity index (χ4v) is 3.87. The van der Waals surface area contributed by atoms with E-state index in [4.69, 9.17) is 9.47 Å². The first-order valence-corrected chi connectivity index (χ1v) is 11.7. The Morgan fingerprint density at radius 3 is 2.47 bits per heavy atom. The van der Waals surface area contributed by atoms with E-state index >= 15 is 0 Å². The van der Waals surface area contributed by atoms with Crippen LogP contribution in [0.3, 0.4) is 0 Å². The summed E-state index contributed by atoms with van der Waals surface area (Å²) in [5.41, 5.74) is 3.50. The van der Waals surface area contributed by atoms with Crippen LogP contribution < -0.4 is 19.9 Å². The molecule has 0 unspecified atom stereocenters. The number of morpholine rings is 1. The maximum Gasteiger partial charge on any atom is 0.262 e. The van der Waals surface area contributed by atoms with Crippen molar-refractivity contribution in [3.05, 3.63) is 60.7 Å². The standard InChI is InChI=1S/C26H31N5O3/c1-3-30(4-2)22-6-5-7-23(18-22)34-19-26(32)27-21-10-8-20(9-11-21)24-12-13-25(29-28-24)31-14-16-33-17-15-31/h5-13,18H,3-4,14-17,19H2,1-2H3,(H,27,32). The lowest BCUT2D eigenvalue weighted by molar-refractivity contribution is -0.118. The van der Waals surface area contributed by atoms with Gasteiger partial charge in [0.15, 0.2) is 12.4 Å². The van der Waals surface area contributed by atoms with Crippen LogP contribution >= 0.6 is 0 Å². The molecule has 0 radical (unpaired) electrons. The highest BCUT2D eigenvalue weighted by molar-refractivity contribution is 5.92. The molecule has 4 rings (SSSR count). The summed E-state index contributed by atoms with van der Waals surface area (Å²) in [7, 11) is 0. The number of nitrogens with zero attached hydrogens (tertiary/aromatic N) is 4. The molecule has 1 aromatic heterocycles. The summed E-state index contributed by atoms with van der Waals surface area (Å²) < 4.78 is 11.1. The van der Waals surface area contributed by atoms with E-state index in [1.54, 1.807) is 0 Å². The van der Waals surface area contributed by atoms with Crippen LogP contribution in [0.5, 0.6) is 5.75 Å². The van der Waals surface area contributed by atoms with Gasteiger partial charge in [0.25, 0.3) is 5.91 Å². The zero-order valence-electron chi connectivity index (χ0n) is 19.7. The Bertz CT molecular complexity index is 1060. The van der Waals surface area contributed by atoms with Gasteiger partial charge >= 0.3 is 0 Å². The first-order valence-electron chi connectivity index (χ1n) is 11.7. The topological polar surface area (TPSA) is 79.8 Å². The van der Waals surface area contributed by atoms with Crippen LogP contribution in [0.25, 0.3) is 11.3 Å². The van der Waals surface area contributed by atoms with Crippen LogP contribution in [0.4, 0.5) is 17.2 Å². The highest BCUT2D eigenvalue weighted by Crippen LogP contribution is 2.22. The summed E-state index contributed by atoms with van der Waals surface area (Å²) in [6, 6.07) is 19.3. The van der Waals surface area contributed by atoms with Gasteiger partial charge in [-0.15, -0.1) is 10.2 Å². The van der Waals surface area contributed by atoms with Gasteiger partial charge in [-0.25, -0.2) is 0 Å². The van der Waals surface area contributed by atoms with E-state index < -0.39 is 0 Å².